The minimum atomic E-state index is -0.439. The van der Waals surface area contributed by atoms with Crippen LogP contribution in [0.5, 0.6) is 11.5 Å². The molecule has 28 heavy (non-hydrogen) atoms. The monoisotopic (exact) mass is 491 g/mol. The molecule has 2 N–H and O–H groups in total. The van der Waals surface area contributed by atoms with Gasteiger partial charge in [0.25, 0.3) is 5.91 Å². The van der Waals surface area contributed by atoms with Gasteiger partial charge in [-0.15, -0.1) is 0 Å². The van der Waals surface area contributed by atoms with Crippen LogP contribution in [0.3, 0.4) is 0 Å². The number of nitrogens with zero attached hydrogens (tertiary/aromatic N) is 1. The summed E-state index contributed by atoms with van der Waals surface area (Å²) < 4.78 is 11.6. The molecule has 6 nitrogen and oxygen atoms in total. The molecule has 0 bridgehead atoms. The standard InChI is InChI=1S/C21H22IN3O3/c1-14-10-17(22)5-6-18(14)25-21(26)16(12-23)13-24-9-8-15-4-7-19(27-2)20(11-15)28-3/h4-7,10-11,13,24H,8-9H2,1-3H3,(H,25,26)/b16-13-. The highest BCUT2D eigenvalue weighted by molar-refractivity contribution is 14.1. The summed E-state index contributed by atoms with van der Waals surface area (Å²) in [5.41, 5.74) is 2.71. The Morgan fingerprint density at radius 3 is 2.57 bits per heavy atom. The van der Waals surface area contributed by atoms with E-state index in [0.29, 0.717) is 30.2 Å². The summed E-state index contributed by atoms with van der Waals surface area (Å²) >= 11 is 2.21. The van der Waals surface area contributed by atoms with Crippen LogP contribution < -0.4 is 20.1 Å². The van der Waals surface area contributed by atoms with E-state index in [1.165, 1.54) is 6.20 Å². The van der Waals surface area contributed by atoms with Gasteiger partial charge in [-0.05, 0) is 77.4 Å². The molecule has 2 aromatic carbocycles. The third-order valence-electron chi connectivity index (χ3n) is 4.05. The van der Waals surface area contributed by atoms with Crippen LogP contribution in [0.2, 0.25) is 0 Å². The Kier molecular flexibility index (Phi) is 8.14. The summed E-state index contributed by atoms with van der Waals surface area (Å²) in [7, 11) is 3.19. The zero-order chi connectivity index (χ0) is 20.5. The van der Waals surface area contributed by atoms with E-state index in [-0.39, 0.29) is 5.57 Å². The average Bonchev–Trinajstić information content (AvgIpc) is 2.69. The topological polar surface area (TPSA) is 83.4 Å². The highest BCUT2D eigenvalue weighted by Gasteiger charge is 2.11. The number of benzene rings is 2. The fraction of sp³-hybridized carbons (Fsp3) is 0.238. The highest BCUT2D eigenvalue weighted by Crippen LogP contribution is 2.27. The molecule has 2 rings (SSSR count). The van der Waals surface area contributed by atoms with E-state index in [4.69, 9.17) is 9.47 Å². The minimum absolute atomic E-state index is 0.0188. The van der Waals surface area contributed by atoms with Crippen molar-refractivity contribution < 1.29 is 14.3 Å². The number of aryl methyl sites for hydroxylation is 1. The average molecular weight is 491 g/mol. The van der Waals surface area contributed by atoms with Gasteiger partial charge in [0.05, 0.1) is 14.2 Å². The molecule has 0 radical (unpaired) electrons. The van der Waals surface area contributed by atoms with Crippen LogP contribution in [-0.4, -0.2) is 26.7 Å². The molecular formula is C21H22IN3O3. The summed E-state index contributed by atoms with van der Waals surface area (Å²) in [6.45, 7) is 2.48. The first kappa shape index (κ1) is 21.6. The van der Waals surface area contributed by atoms with Gasteiger partial charge in [0.15, 0.2) is 11.5 Å². The van der Waals surface area contributed by atoms with E-state index in [0.717, 1.165) is 14.7 Å². The molecular weight excluding hydrogens is 469 g/mol. The molecule has 0 aliphatic heterocycles. The maximum atomic E-state index is 12.3. The summed E-state index contributed by atoms with van der Waals surface area (Å²) in [5.74, 6) is 0.902. The molecule has 0 aliphatic rings. The van der Waals surface area contributed by atoms with Crippen LogP contribution in [0.25, 0.3) is 0 Å². The predicted molar refractivity (Wildman–Crippen MR) is 117 cm³/mol. The van der Waals surface area contributed by atoms with Crippen molar-refractivity contribution >= 4 is 34.2 Å². The zero-order valence-electron chi connectivity index (χ0n) is 16.0. The number of halogens is 1. The number of nitrogens with one attached hydrogen (secondary N) is 2. The molecule has 2 aromatic rings. The Balaban J connectivity index is 1.94. The lowest BCUT2D eigenvalue weighted by Gasteiger charge is -2.10. The first-order chi connectivity index (χ1) is 13.5. The van der Waals surface area contributed by atoms with E-state index in [2.05, 4.69) is 33.2 Å². The van der Waals surface area contributed by atoms with Gasteiger partial charge in [0, 0.05) is 22.0 Å². The number of hydrogen-bond donors (Lipinski definition) is 2. The van der Waals surface area contributed by atoms with Crippen LogP contribution in [0.1, 0.15) is 11.1 Å². The van der Waals surface area contributed by atoms with Crippen molar-refractivity contribution in [3.8, 4) is 17.6 Å². The maximum Gasteiger partial charge on any atom is 0.267 e. The third-order valence-corrected chi connectivity index (χ3v) is 4.73. The number of ether oxygens (including phenoxy) is 2. The highest BCUT2D eigenvalue weighted by atomic mass is 127. The molecule has 0 fully saturated rings. The number of amides is 1. The number of methoxy groups -OCH3 is 2. The Morgan fingerprint density at radius 1 is 1.18 bits per heavy atom. The lowest BCUT2D eigenvalue weighted by atomic mass is 10.1. The number of carbonyl (C=O) groups is 1. The molecule has 0 unspecified atom stereocenters. The third kappa shape index (κ3) is 5.89. The minimum Gasteiger partial charge on any atom is -0.493 e. The second-order valence-corrected chi connectivity index (χ2v) is 7.22. The van der Waals surface area contributed by atoms with Gasteiger partial charge >= 0.3 is 0 Å². The normalized spacial score (nSPS) is 10.8. The number of hydrogen-bond acceptors (Lipinski definition) is 5. The fourth-order valence-corrected chi connectivity index (χ4v) is 3.18. The van der Waals surface area contributed by atoms with E-state index >= 15 is 0 Å². The molecule has 0 heterocycles. The van der Waals surface area contributed by atoms with Crippen molar-refractivity contribution in [1.29, 1.82) is 5.26 Å². The summed E-state index contributed by atoms with van der Waals surface area (Å²) in [6, 6.07) is 13.3. The van der Waals surface area contributed by atoms with Crippen LogP contribution in [0, 0.1) is 21.8 Å². The Morgan fingerprint density at radius 2 is 1.93 bits per heavy atom. The van der Waals surface area contributed by atoms with Crippen molar-refractivity contribution in [3.63, 3.8) is 0 Å². The summed E-state index contributed by atoms with van der Waals surface area (Å²) in [6.07, 6.45) is 2.14. The van der Waals surface area contributed by atoms with Gasteiger partial charge in [0.2, 0.25) is 0 Å². The zero-order valence-corrected chi connectivity index (χ0v) is 18.2. The second kappa shape index (κ2) is 10.6. The van der Waals surface area contributed by atoms with Gasteiger partial charge in [-0.3, -0.25) is 4.79 Å². The first-order valence-corrected chi connectivity index (χ1v) is 9.68. The Hall–Kier alpha value is -2.73. The van der Waals surface area contributed by atoms with Crippen LogP contribution >= 0.6 is 22.6 Å². The van der Waals surface area contributed by atoms with Crippen molar-refractivity contribution in [2.75, 3.05) is 26.1 Å². The van der Waals surface area contributed by atoms with E-state index in [9.17, 15) is 10.1 Å². The fourth-order valence-electron chi connectivity index (χ4n) is 2.53. The molecule has 0 saturated carbocycles. The Labute approximate surface area is 178 Å². The summed E-state index contributed by atoms with van der Waals surface area (Å²) in [4.78, 5) is 12.3. The lowest BCUT2D eigenvalue weighted by molar-refractivity contribution is -0.112. The molecule has 0 saturated heterocycles. The maximum absolute atomic E-state index is 12.3. The van der Waals surface area contributed by atoms with E-state index in [1.807, 2.05) is 49.4 Å². The largest absolute Gasteiger partial charge is 0.493 e. The van der Waals surface area contributed by atoms with Gasteiger partial charge < -0.3 is 20.1 Å². The molecule has 1 amide bonds. The molecule has 0 aromatic heterocycles. The van der Waals surface area contributed by atoms with Gasteiger partial charge in [-0.1, -0.05) is 6.07 Å². The smallest absolute Gasteiger partial charge is 0.267 e. The lowest BCUT2D eigenvalue weighted by Crippen LogP contribution is -2.18. The van der Waals surface area contributed by atoms with Gasteiger partial charge in [-0.2, -0.15) is 5.26 Å². The number of carbonyl (C=O) groups excluding carboxylic acids is 1. The molecule has 0 aliphatic carbocycles. The predicted octanol–water partition coefficient (Wildman–Crippen LogP) is 3.80. The summed E-state index contributed by atoms with van der Waals surface area (Å²) in [5, 5.41) is 15.1. The van der Waals surface area contributed by atoms with Crippen molar-refractivity contribution in [1.82, 2.24) is 5.32 Å². The van der Waals surface area contributed by atoms with Crippen LogP contribution in [0.15, 0.2) is 48.2 Å². The first-order valence-electron chi connectivity index (χ1n) is 8.60. The van der Waals surface area contributed by atoms with Crippen molar-refractivity contribution in [3.05, 3.63) is 62.9 Å². The second-order valence-electron chi connectivity index (χ2n) is 5.98. The van der Waals surface area contributed by atoms with Crippen molar-refractivity contribution in [2.45, 2.75) is 13.3 Å². The van der Waals surface area contributed by atoms with Gasteiger partial charge in [0.1, 0.15) is 11.6 Å². The molecule has 7 heteroatoms. The van der Waals surface area contributed by atoms with Gasteiger partial charge in [-0.25, -0.2) is 0 Å². The van der Waals surface area contributed by atoms with Crippen LogP contribution in [0.4, 0.5) is 5.69 Å². The Bertz CT molecular complexity index is 920. The molecule has 146 valence electrons. The molecule has 0 spiro atoms. The number of rotatable bonds is 8. The molecule has 0 atom stereocenters. The SMILES string of the molecule is COc1ccc(CCN/C=C(/C#N)C(=O)Nc2ccc(I)cc2C)cc1OC. The van der Waals surface area contributed by atoms with Crippen LogP contribution in [-0.2, 0) is 11.2 Å². The van der Waals surface area contributed by atoms with E-state index < -0.39 is 5.91 Å². The van der Waals surface area contributed by atoms with E-state index in [1.54, 1.807) is 14.2 Å². The number of nitriles is 1. The number of anilines is 1. The quantitative estimate of drug-likeness (QED) is 0.254. The van der Waals surface area contributed by atoms with Crippen molar-refractivity contribution in [2.24, 2.45) is 0 Å².